The molecule has 1 aliphatic carbocycles. The Morgan fingerprint density at radius 1 is 0.287 bits per heavy atom. The van der Waals surface area contributed by atoms with Crippen LogP contribution in [0.4, 0.5) is 40.3 Å². The Bertz CT molecular complexity index is 3870. The zero-order valence-electron chi connectivity index (χ0n) is 61.2. The molecular weight excluding hydrogens is 1450 g/mol. The second-order valence-corrected chi connectivity index (χ2v) is 29.5. The maximum atomic E-state index is 14.4. The molecule has 4 aliphatic heterocycles. The molecule has 0 radical (unpaired) electrons. The second kappa shape index (κ2) is 36.2. The zero-order valence-corrected chi connectivity index (χ0v) is 64.5. The molecule has 24 heteroatoms. The van der Waals surface area contributed by atoms with Gasteiger partial charge in [0.15, 0.2) is 20.4 Å². The molecule has 8 bridgehead atoms. The lowest BCUT2D eigenvalue weighted by Gasteiger charge is -2.38. The van der Waals surface area contributed by atoms with E-state index in [4.69, 9.17) is 86.8 Å². The van der Waals surface area contributed by atoms with Crippen molar-refractivity contribution < 1.29 is 55.5 Å². The van der Waals surface area contributed by atoms with Crippen LogP contribution in [0.3, 0.4) is 0 Å². The van der Waals surface area contributed by atoms with Crippen molar-refractivity contribution in [1.82, 2.24) is 21.3 Å². The van der Waals surface area contributed by atoms with Crippen LogP contribution in [0.25, 0.3) is 0 Å². The summed E-state index contributed by atoms with van der Waals surface area (Å²) in [4.78, 5) is 0. The number of unbranched alkanes of at least 4 members (excludes halogenated alkanes) is 8. The van der Waals surface area contributed by atoms with Crippen LogP contribution in [0.2, 0.25) is 0 Å². The number of hydrogen-bond acceptors (Lipinski definition) is 12. The summed E-state index contributed by atoms with van der Waals surface area (Å²) in [6.07, 6.45) is 13.4. The van der Waals surface area contributed by atoms with Gasteiger partial charge in [0.1, 0.15) is 69.3 Å². The van der Waals surface area contributed by atoms with Gasteiger partial charge in [0, 0.05) is 117 Å². The van der Waals surface area contributed by atoms with Crippen LogP contribution >= 0.6 is 48.9 Å². The van der Waals surface area contributed by atoms with E-state index in [9.17, 15) is 17.6 Å². The molecule has 568 valence electrons. The van der Waals surface area contributed by atoms with E-state index in [0.29, 0.717) is 117 Å². The van der Waals surface area contributed by atoms with Crippen molar-refractivity contribution in [2.45, 2.75) is 180 Å². The Morgan fingerprint density at radius 2 is 0.463 bits per heavy atom. The number of benzene rings is 8. The maximum absolute atomic E-state index is 14.4. The van der Waals surface area contributed by atoms with E-state index in [1.807, 2.05) is 0 Å². The summed E-state index contributed by atoms with van der Waals surface area (Å²) in [6.45, 7) is 8.26. The molecule has 0 saturated carbocycles. The number of thiocarbonyl (C=S) groups is 4. The third kappa shape index (κ3) is 17.8. The number of ether oxygens (including phenoxy) is 8. The summed E-state index contributed by atoms with van der Waals surface area (Å²) < 4.78 is 116. The van der Waals surface area contributed by atoms with Crippen LogP contribution in [0.5, 0.6) is 46.0 Å². The van der Waals surface area contributed by atoms with Crippen molar-refractivity contribution in [3.63, 3.8) is 0 Å². The average Bonchev–Trinajstić information content (AvgIpc) is 0.721. The van der Waals surface area contributed by atoms with Gasteiger partial charge in [-0.2, -0.15) is 0 Å². The van der Waals surface area contributed by atoms with Crippen LogP contribution in [0.1, 0.15) is 221 Å². The highest BCUT2D eigenvalue weighted by atomic mass is 32.1. The van der Waals surface area contributed by atoms with Gasteiger partial charge in [-0.1, -0.05) is 105 Å². The molecular formula is C84H92F4N8O8S4. The SMILES string of the molecule is CCCCCC1c2cc3c4c(CNC(=S)Nc5ccc(F)cc5)c2OCOc2c1cc1c(c2CNC(=S)Nc2ccc(F)cc2)OCOc2c(cc5c(c2CNC(=S)Nc2ccc(F)cc2)OCOc2c(cc(c(c2CNC(=S)Nc2ccc(F)cc2)OCO4)C3CCCCC)C5CCCCC)C1CCCCC. The van der Waals surface area contributed by atoms with Crippen molar-refractivity contribution in [1.29, 1.82) is 0 Å². The standard InChI is InChI=1S/C84H92F4N8O8S4/c1-5-9-13-17-57-61-37-63-58(18-14-10-6-2)65-39-67-60(20-16-12-8-4)68-40-66-59(19-15-11-7-3)64-38-62(57)74-70(42-90-82(106)94-54-31-23-50(86)24-32-54)76(64)100-47-102-78(66)72(44-92-84(108)96-56-35-27-52(88)28-36-56)80(68)104-48-103-79(67)71(43-91-83(107)95-55-33-25-51(87)26-34-55)77(65)101-46-99-75(63)69(73(61)97-45-98-74)41-89-81(105)93-53-29-21-49(85)22-30-53/h21-40,57-60H,5-20,41-48H2,1-4H3,(H2,89,93,105)(H2,90,94,106)(H2,91,95,107)(H2,92,96,108). The van der Waals surface area contributed by atoms with Gasteiger partial charge in [-0.05, 0) is 196 Å². The van der Waals surface area contributed by atoms with Crippen LogP contribution in [-0.4, -0.2) is 47.6 Å². The van der Waals surface area contributed by atoms with Gasteiger partial charge < -0.3 is 80.4 Å². The number of anilines is 4. The fourth-order valence-corrected chi connectivity index (χ4v) is 16.2. The van der Waals surface area contributed by atoms with E-state index < -0.39 is 23.7 Å². The molecule has 8 aromatic rings. The summed E-state index contributed by atoms with van der Waals surface area (Å²) in [6, 6.07) is 33.5. The first kappa shape index (κ1) is 76.8. The van der Waals surface area contributed by atoms with Crippen LogP contribution in [-0.2, 0) is 26.2 Å². The van der Waals surface area contributed by atoms with E-state index in [2.05, 4.69) is 94.5 Å². The lowest BCUT2D eigenvalue weighted by molar-refractivity contribution is 0.0942. The minimum Gasteiger partial charge on any atom is -0.457 e. The highest BCUT2D eigenvalue weighted by Crippen LogP contribution is 2.59. The molecule has 0 aromatic heterocycles. The van der Waals surface area contributed by atoms with Crippen molar-refractivity contribution >= 4 is 92.1 Å². The van der Waals surface area contributed by atoms with E-state index in [-0.39, 0.29) is 97.1 Å². The topological polar surface area (TPSA) is 170 Å². The quantitative estimate of drug-likeness (QED) is 0.0132. The molecule has 8 N–H and O–H groups in total. The number of rotatable bonds is 28. The molecule has 0 spiro atoms. The summed E-state index contributed by atoms with van der Waals surface area (Å²) in [7, 11) is 0. The van der Waals surface area contributed by atoms with Crippen molar-refractivity contribution in [3.05, 3.63) is 211 Å². The van der Waals surface area contributed by atoms with Gasteiger partial charge in [0.2, 0.25) is 27.2 Å². The average molecular weight is 1550 g/mol. The Balaban J connectivity index is 1.12. The first-order valence-corrected chi connectivity index (χ1v) is 39.3. The Hall–Kier alpha value is -9.36. The zero-order chi connectivity index (χ0) is 75.2. The monoisotopic (exact) mass is 1540 g/mol. The Labute approximate surface area is 650 Å². The molecule has 13 rings (SSSR count). The highest BCUT2D eigenvalue weighted by molar-refractivity contribution is 7.81. The number of halogens is 4. The molecule has 0 fully saturated rings. The molecule has 108 heavy (non-hydrogen) atoms. The summed E-state index contributed by atoms with van der Waals surface area (Å²) in [5.74, 6) is 1.34. The van der Waals surface area contributed by atoms with Crippen LogP contribution < -0.4 is 80.4 Å². The van der Waals surface area contributed by atoms with E-state index in [1.165, 1.54) is 48.5 Å². The molecule has 0 atom stereocenters. The molecule has 0 saturated heterocycles. The van der Waals surface area contributed by atoms with E-state index in [0.717, 1.165) is 122 Å². The van der Waals surface area contributed by atoms with E-state index in [1.54, 1.807) is 48.5 Å². The third-order valence-electron chi connectivity index (χ3n) is 20.7. The third-order valence-corrected chi connectivity index (χ3v) is 21.6. The molecule has 5 aliphatic rings. The molecule has 16 nitrogen and oxygen atoms in total. The summed E-state index contributed by atoms with van der Waals surface area (Å²) in [5, 5.41) is 28.4. The van der Waals surface area contributed by atoms with Gasteiger partial charge in [0.25, 0.3) is 0 Å². The van der Waals surface area contributed by atoms with Gasteiger partial charge in [-0.25, -0.2) is 17.6 Å². The molecule has 0 amide bonds. The van der Waals surface area contributed by atoms with E-state index >= 15 is 0 Å². The Kier molecular flexibility index (Phi) is 25.8. The lowest BCUT2D eigenvalue weighted by Crippen LogP contribution is -2.31. The predicted molar refractivity (Wildman–Crippen MR) is 432 cm³/mol. The number of hydrogen-bond donors (Lipinski definition) is 8. The van der Waals surface area contributed by atoms with Crippen molar-refractivity contribution in [2.75, 3.05) is 48.4 Å². The first-order valence-electron chi connectivity index (χ1n) is 37.7. The van der Waals surface area contributed by atoms with Crippen LogP contribution in [0.15, 0.2) is 121 Å². The second-order valence-electron chi connectivity index (χ2n) is 27.8. The smallest absolute Gasteiger partial charge is 0.230 e. The normalized spacial score (nSPS) is 16.0. The predicted octanol–water partition coefficient (Wildman–Crippen LogP) is 20.3. The number of nitrogens with one attached hydrogen (secondary N) is 8. The molecule has 0 unspecified atom stereocenters. The fourth-order valence-electron chi connectivity index (χ4n) is 15.5. The van der Waals surface area contributed by atoms with Crippen molar-refractivity contribution in [2.24, 2.45) is 0 Å². The van der Waals surface area contributed by atoms with Gasteiger partial charge >= 0.3 is 0 Å². The highest BCUT2D eigenvalue weighted by Gasteiger charge is 2.42. The van der Waals surface area contributed by atoms with Gasteiger partial charge in [-0.15, -0.1) is 0 Å². The minimum atomic E-state index is -0.415. The largest absolute Gasteiger partial charge is 0.457 e. The summed E-state index contributed by atoms with van der Waals surface area (Å²) >= 11 is 24.4. The fraction of sp³-hybridized carbons (Fsp3) is 0.381. The first-order chi connectivity index (χ1) is 52.7. The Morgan fingerprint density at radius 3 is 0.630 bits per heavy atom. The molecule has 8 aromatic carbocycles. The lowest BCUT2D eigenvalue weighted by atomic mass is 9.74. The minimum absolute atomic E-state index is 0.114. The van der Waals surface area contributed by atoms with Gasteiger partial charge in [-0.3, -0.25) is 0 Å². The maximum Gasteiger partial charge on any atom is 0.230 e. The van der Waals surface area contributed by atoms with Gasteiger partial charge in [0.05, 0.1) is 22.3 Å². The van der Waals surface area contributed by atoms with Crippen molar-refractivity contribution in [3.8, 4) is 46.0 Å². The summed E-state index contributed by atoms with van der Waals surface area (Å²) in [5.41, 5.74) is 12.5. The van der Waals surface area contributed by atoms with Crippen LogP contribution in [0, 0.1) is 23.3 Å². The molecule has 4 heterocycles.